The normalized spacial score (nSPS) is 23.0. The molecule has 1 aliphatic rings. The zero-order valence-corrected chi connectivity index (χ0v) is 9.28. The van der Waals surface area contributed by atoms with Crippen molar-refractivity contribution >= 4 is 10.9 Å². The Kier molecular flexibility index (Phi) is 2.08. The van der Waals surface area contributed by atoms with Crippen LogP contribution in [0.3, 0.4) is 0 Å². The van der Waals surface area contributed by atoms with E-state index in [9.17, 15) is 13.6 Å². The van der Waals surface area contributed by atoms with Crippen LogP contribution in [-0.2, 0) is 0 Å². The molecule has 1 aliphatic carbocycles. The molecule has 0 saturated heterocycles. The van der Waals surface area contributed by atoms with E-state index in [1.807, 2.05) is 0 Å². The number of fused-ring (bicyclic) bond motifs is 1. The SMILES string of the molecule is Cc1c(F)ccc2c(=O)ccn([C@@H]3C[C@@H]3F)c12. The summed E-state index contributed by atoms with van der Waals surface area (Å²) >= 11 is 0. The molecule has 0 aliphatic heterocycles. The molecule has 2 aromatic rings. The molecule has 1 heterocycles. The molecule has 4 heteroatoms. The summed E-state index contributed by atoms with van der Waals surface area (Å²) in [5.41, 5.74) is 0.761. The topological polar surface area (TPSA) is 22.0 Å². The Morgan fingerprint density at radius 2 is 2.06 bits per heavy atom. The number of hydrogen-bond donors (Lipinski definition) is 0. The lowest BCUT2D eigenvalue weighted by Crippen LogP contribution is -2.09. The van der Waals surface area contributed by atoms with Crippen molar-refractivity contribution in [1.82, 2.24) is 4.57 Å². The Hall–Kier alpha value is -1.71. The highest BCUT2D eigenvalue weighted by atomic mass is 19.1. The highest BCUT2D eigenvalue weighted by Gasteiger charge is 2.39. The number of aromatic nitrogens is 1. The second kappa shape index (κ2) is 3.39. The number of hydrogen-bond acceptors (Lipinski definition) is 1. The molecule has 3 rings (SSSR count). The Morgan fingerprint density at radius 1 is 1.35 bits per heavy atom. The molecule has 2 nitrogen and oxygen atoms in total. The minimum Gasteiger partial charge on any atom is -0.341 e. The van der Waals surface area contributed by atoms with Crippen molar-refractivity contribution in [3.05, 3.63) is 46.0 Å². The summed E-state index contributed by atoms with van der Waals surface area (Å²) < 4.78 is 28.3. The van der Waals surface area contributed by atoms with E-state index in [1.54, 1.807) is 17.7 Å². The lowest BCUT2D eigenvalue weighted by atomic mass is 10.1. The number of nitrogens with zero attached hydrogens (tertiary/aromatic N) is 1. The Labute approximate surface area is 96.5 Å². The van der Waals surface area contributed by atoms with Crippen LogP contribution in [0.5, 0.6) is 0 Å². The van der Waals surface area contributed by atoms with E-state index in [0.29, 0.717) is 22.9 Å². The third kappa shape index (κ3) is 1.47. The molecule has 0 bridgehead atoms. The zero-order valence-electron chi connectivity index (χ0n) is 9.28. The van der Waals surface area contributed by atoms with E-state index in [-0.39, 0.29) is 17.3 Å². The first-order chi connectivity index (χ1) is 8.09. The molecular weight excluding hydrogens is 224 g/mol. The van der Waals surface area contributed by atoms with Crippen molar-refractivity contribution in [2.24, 2.45) is 0 Å². The first kappa shape index (κ1) is 10.4. The fourth-order valence-corrected chi connectivity index (χ4v) is 2.24. The third-order valence-electron chi connectivity index (χ3n) is 3.31. The van der Waals surface area contributed by atoms with Gasteiger partial charge in [-0.2, -0.15) is 0 Å². The molecule has 0 spiro atoms. The average molecular weight is 235 g/mol. The van der Waals surface area contributed by atoms with E-state index < -0.39 is 6.17 Å². The number of rotatable bonds is 1. The summed E-state index contributed by atoms with van der Waals surface area (Å²) in [5, 5.41) is 0.450. The van der Waals surface area contributed by atoms with Crippen LogP contribution < -0.4 is 5.43 Å². The van der Waals surface area contributed by atoms with E-state index in [1.165, 1.54) is 18.2 Å². The first-order valence-electron chi connectivity index (χ1n) is 5.53. The summed E-state index contributed by atoms with van der Waals surface area (Å²) in [6, 6.07) is 3.90. The van der Waals surface area contributed by atoms with Gasteiger partial charge in [-0.3, -0.25) is 4.79 Å². The maximum Gasteiger partial charge on any atom is 0.189 e. The summed E-state index contributed by atoms with van der Waals surface area (Å²) in [6.07, 6.45) is 1.11. The second-order valence-corrected chi connectivity index (χ2v) is 4.47. The lowest BCUT2D eigenvalue weighted by molar-refractivity contribution is 0.444. The quantitative estimate of drug-likeness (QED) is 0.745. The molecule has 0 N–H and O–H groups in total. The van der Waals surface area contributed by atoms with Gasteiger partial charge in [0, 0.05) is 29.6 Å². The average Bonchev–Trinajstić information content (AvgIpc) is 3.01. The van der Waals surface area contributed by atoms with Crippen molar-refractivity contribution in [3.8, 4) is 0 Å². The standard InChI is InChI=1S/C13H11F2NO/c1-7-9(14)3-2-8-12(17)4-5-16(13(7)8)11-6-10(11)15/h2-5,10-11H,6H2,1H3/t10-,11+/m0/s1. The van der Waals surface area contributed by atoms with Gasteiger partial charge in [0.05, 0.1) is 11.6 Å². The number of pyridine rings is 1. The monoisotopic (exact) mass is 235 g/mol. The van der Waals surface area contributed by atoms with Crippen LogP contribution in [0, 0.1) is 12.7 Å². The van der Waals surface area contributed by atoms with Gasteiger partial charge in [0.2, 0.25) is 0 Å². The summed E-state index contributed by atoms with van der Waals surface area (Å²) in [5.74, 6) is -0.368. The summed E-state index contributed by atoms with van der Waals surface area (Å²) in [4.78, 5) is 11.7. The van der Waals surface area contributed by atoms with E-state index in [4.69, 9.17) is 0 Å². The minimum absolute atomic E-state index is 0.157. The molecule has 0 radical (unpaired) electrons. The smallest absolute Gasteiger partial charge is 0.189 e. The molecule has 2 atom stereocenters. The Balaban J connectivity index is 2.40. The van der Waals surface area contributed by atoms with Crippen molar-refractivity contribution in [3.63, 3.8) is 0 Å². The Bertz CT molecular complexity index is 662. The van der Waals surface area contributed by atoms with Crippen molar-refractivity contribution < 1.29 is 8.78 Å². The van der Waals surface area contributed by atoms with Gasteiger partial charge in [-0.1, -0.05) is 0 Å². The van der Waals surface area contributed by atoms with Gasteiger partial charge < -0.3 is 4.57 Å². The second-order valence-electron chi connectivity index (χ2n) is 4.47. The molecule has 17 heavy (non-hydrogen) atoms. The number of aryl methyl sites for hydroxylation is 1. The molecule has 88 valence electrons. The Morgan fingerprint density at radius 3 is 2.71 bits per heavy atom. The summed E-state index contributed by atoms with van der Waals surface area (Å²) in [6.45, 7) is 1.61. The zero-order chi connectivity index (χ0) is 12.2. The van der Waals surface area contributed by atoms with Crippen LogP contribution in [-0.4, -0.2) is 10.7 Å². The highest BCUT2D eigenvalue weighted by molar-refractivity contribution is 5.82. The largest absolute Gasteiger partial charge is 0.341 e. The maximum atomic E-state index is 13.5. The minimum atomic E-state index is -0.886. The molecule has 1 fully saturated rings. The molecule has 1 saturated carbocycles. The fraction of sp³-hybridized carbons (Fsp3) is 0.308. The molecule has 1 aromatic carbocycles. The van der Waals surface area contributed by atoms with Crippen molar-refractivity contribution in [2.75, 3.05) is 0 Å². The van der Waals surface area contributed by atoms with Crippen LogP contribution in [0.15, 0.2) is 29.2 Å². The van der Waals surface area contributed by atoms with Crippen LogP contribution in [0.25, 0.3) is 10.9 Å². The number of alkyl halides is 1. The van der Waals surface area contributed by atoms with Gasteiger partial charge in [-0.15, -0.1) is 0 Å². The van der Waals surface area contributed by atoms with E-state index in [2.05, 4.69) is 0 Å². The lowest BCUT2D eigenvalue weighted by Gasteiger charge is -2.12. The van der Waals surface area contributed by atoms with Crippen molar-refractivity contribution in [2.45, 2.75) is 25.6 Å². The van der Waals surface area contributed by atoms with Crippen LogP contribution in [0.2, 0.25) is 0 Å². The van der Waals surface area contributed by atoms with Gasteiger partial charge in [-0.25, -0.2) is 8.78 Å². The van der Waals surface area contributed by atoms with Gasteiger partial charge >= 0.3 is 0 Å². The number of benzene rings is 1. The molecule has 1 aromatic heterocycles. The fourth-order valence-electron chi connectivity index (χ4n) is 2.24. The molecule has 0 amide bonds. The molecule has 0 unspecified atom stereocenters. The van der Waals surface area contributed by atoms with Gasteiger partial charge in [0.1, 0.15) is 12.0 Å². The molecular formula is C13H11F2NO. The summed E-state index contributed by atoms with van der Waals surface area (Å²) in [7, 11) is 0. The first-order valence-corrected chi connectivity index (χ1v) is 5.53. The van der Waals surface area contributed by atoms with Crippen LogP contribution in [0.4, 0.5) is 8.78 Å². The van der Waals surface area contributed by atoms with Gasteiger partial charge in [-0.05, 0) is 19.1 Å². The number of halogens is 2. The highest BCUT2D eigenvalue weighted by Crippen LogP contribution is 2.40. The van der Waals surface area contributed by atoms with E-state index >= 15 is 0 Å². The predicted molar refractivity (Wildman–Crippen MR) is 61.5 cm³/mol. The van der Waals surface area contributed by atoms with Crippen LogP contribution >= 0.6 is 0 Å². The third-order valence-corrected chi connectivity index (χ3v) is 3.31. The van der Waals surface area contributed by atoms with Crippen LogP contribution in [0.1, 0.15) is 18.0 Å². The van der Waals surface area contributed by atoms with Crippen molar-refractivity contribution in [1.29, 1.82) is 0 Å². The van der Waals surface area contributed by atoms with E-state index in [0.717, 1.165) is 0 Å². The van der Waals surface area contributed by atoms with Gasteiger partial charge in [0.15, 0.2) is 5.43 Å². The predicted octanol–water partition coefficient (Wildman–Crippen LogP) is 2.73. The van der Waals surface area contributed by atoms with Gasteiger partial charge in [0.25, 0.3) is 0 Å². The maximum absolute atomic E-state index is 13.5.